The molecule has 0 aromatic carbocycles. The van der Waals surface area contributed by atoms with Crippen LogP contribution in [0.2, 0.25) is 0 Å². The van der Waals surface area contributed by atoms with Gasteiger partial charge in [0.15, 0.2) is 0 Å². The van der Waals surface area contributed by atoms with Crippen molar-refractivity contribution < 1.29 is 4.79 Å². The minimum Gasteiger partial charge on any atom is -0.355 e. The van der Waals surface area contributed by atoms with Crippen LogP contribution in [0.5, 0.6) is 0 Å². The van der Waals surface area contributed by atoms with E-state index in [1.807, 2.05) is 13.0 Å². The number of hydrogen-bond donors (Lipinski definition) is 1. The van der Waals surface area contributed by atoms with Crippen molar-refractivity contribution in [2.24, 2.45) is 0 Å². The third-order valence-corrected chi connectivity index (χ3v) is 2.02. The number of nitrogens with one attached hydrogen (secondary N) is 1. The van der Waals surface area contributed by atoms with Crippen molar-refractivity contribution in [3.63, 3.8) is 0 Å². The van der Waals surface area contributed by atoms with Gasteiger partial charge in [-0.2, -0.15) is 5.26 Å². The molecule has 0 aliphatic carbocycles. The van der Waals surface area contributed by atoms with Gasteiger partial charge in [-0.1, -0.05) is 0 Å². The lowest BCUT2D eigenvalue weighted by atomic mass is 10.3. The number of anilines is 1. The molecule has 0 atom stereocenters. The number of hydrogen-bond acceptors (Lipinski definition) is 4. The molecule has 0 saturated heterocycles. The van der Waals surface area contributed by atoms with Gasteiger partial charge in [-0.05, 0) is 19.1 Å². The molecule has 0 spiro atoms. The number of carbonyl (C=O) groups is 1. The summed E-state index contributed by atoms with van der Waals surface area (Å²) in [6, 6.07) is 5.39. The zero-order valence-corrected chi connectivity index (χ0v) is 9.40. The number of carbonyl (C=O) groups excluding carboxylic acids is 1. The Morgan fingerprint density at radius 1 is 1.62 bits per heavy atom. The zero-order valence-electron chi connectivity index (χ0n) is 9.40. The van der Waals surface area contributed by atoms with Crippen molar-refractivity contribution in [2.75, 3.05) is 25.0 Å². The highest BCUT2D eigenvalue weighted by Crippen LogP contribution is 2.08. The summed E-state index contributed by atoms with van der Waals surface area (Å²) in [4.78, 5) is 17.1. The number of rotatable bonds is 4. The normalized spacial score (nSPS) is 9.31. The summed E-state index contributed by atoms with van der Waals surface area (Å²) < 4.78 is 0. The summed E-state index contributed by atoms with van der Waals surface area (Å²) in [5.41, 5.74) is 0.509. The molecule has 0 bridgehead atoms. The first kappa shape index (κ1) is 12.0. The van der Waals surface area contributed by atoms with Gasteiger partial charge in [0.2, 0.25) is 5.91 Å². The number of nitriles is 1. The minimum absolute atomic E-state index is 0.0452. The number of pyridine rings is 1. The Hall–Kier alpha value is -2.09. The van der Waals surface area contributed by atoms with E-state index in [2.05, 4.69) is 10.3 Å². The van der Waals surface area contributed by atoms with Crippen molar-refractivity contribution in [1.29, 1.82) is 5.26 Å². The summed E-state index contributed by atoms with van der Waals surface area (Å²) in [5.74, 6) is 0.626. The predicted molar refractivity (Wildman–Crippen MR) is 60.9 cm³/mol. The van der Waals surface area contributed by atoms with Gasteiger partial charge in [0.05, 0.1) is 12.1 Å². The Kier molecular flexibility index (Phi) is 4.28. The largest absolute Gasteiger partial charge is 0.355 e. The molecule has 0 unspecified atom stereocenters. The maximum Gasteiger partial charge on any atom is 0.239 e. The van der Waals surface area contributed by atoms with E-state index in [9.17, 15) is 4.79 Å². The minimum atomic E-state index is -0.0452. The van der Waals surface area contributed by atoms with Crippen LogP contribution in [0.4, 0.5) is 5.82 Å². The highest BCUT2D eigenvalue weighted by atomic mass is 16.2. The second-order valence-corrected chi connectivity index (χ2v) is 3.33. The Balaban J connectivity index is 2.63. The highest BCUT2D eigenvalue weighted by molar-refractivity contribution is 5.80. The maximum absolute atomic E-state index is 11.3. The molecule has 84 valence electrons. The molecule has 1 amide bonds. The first-order chi connectivity index (χ1) is 7.67. The van der Waals surface area contributed by atoms with E-state index < -0.39 is 0 Å². The molecule has 1 aromatic rings. The van der Waals surface area contributed by atoms with E-state index in [0.717, 1.165) is 0 Å². The van der Waals surface area contributed by atoms with E-state index in [1.54, 1.807) is 24.1 Å². The Morgan fingerprint density at radius 2 is 2.38 bits per heavy atom. The van der Waals surface area contributed by atoms with E-state index in [-0.39, 0.29) is 12.5 Å². The average molecular weight is 218 g/mol. The van der Waals surface area contributed by atoms with E-state index in [1.165, 1.54) is 6.20 Å². The van der Waals surface area contributed by atoms with Gasteiger partial charge in [-0.25, -0.2) is 4.98 Å². The van der Waals surface area contributed by atoms with Crippen LogP contribution in [0.15, 0.2) is 18.3 Å². The van der Waals surface area contributed by atoms with Crippen molar-refractivity contribution in [3.05, 3.63) is 23.9 Å². The van der Waals surface area contributed by atoms with Gasteiger partial charge in [-0.3, -0.25) is 4.79 Å². The third-order valence-electron chi connectivity index (χ3n) is 2.02. The topological polar surface area (TPSA) is 69.0 Å². The average Bonchev–Trinajstić information content (AvgIpc) is 2.29. The second kappa shape index (κ2) is 5.71. The van der Waals surface area contributed by atoms with Crippen molar-refractivity contribution >= 4 is 11.7 Å². The fourth-order valence-electron chi connectivity index (χ4n) is 1.23. The van der Waals surface area contributed by atoms with Gasteiger partial charge in [0.25, 0.3) is 0 Å². The molecule has 16 heavy (non-hydrogen) atoms. The first-order valence-corrected chi connectivity index (χ1v) is 5.01. The van der Waals surface area contributed by atoms with Crippen molar-refractivity contribution in [2.45, 2.75) is 6.92 Å². The number of amides is 1. The zero-order chi connectivity index (χ0) is 12.0. The third kappa shape index (κ3) is 3.24. The van der Waals surface area contributed by atoms with Gasteiger partial charge >= 0.3 is 0 Å². The van der Waals surface area contributed by atoms with Crippen molar-refractivity contribution in [3.8, 4) is 6.07 Å². The summed E-state index contributed by atoms with van der Waals surface area (Å²) in [6.45, 7) is 2.75. The molecule has 0 aliphatic heterocycles. The Bertz CT molecular complexity index is 393. The lowest BCUT2D eigenvalue weighted by molar-refractivity contribution is -0.119. The molecule has 0 radical (unpaired) electrons. The molecule has 5 nitrogen and oxygen atoms in total. The SMILES string of the molecule is CCNC(=O)CN(C)c1ccc(C#N)cn1. The van der Waals surface area contributed by atoms with Crippen LogP contribution < -0.4 is 10.2 Å². The summed E-state index contributed by atoms with van der Waals surface area (Å²) >= 11 is 0. The van der Waals surface area contributed by atoms with Crippen LogP contribution in [-0.4, -0.2) is 31.0 Å². The molecule has 1 heterocycles. The molecule has 1 N–H and O–H groups in total. The van der Waals surface area contributed by atoms with Crippen LogP contribution in [0.25, 0.3) is 0 Å². The molecule has 1 aromatic heterocycles. The van der Waals surface area contributed by atoms with E-state index in [0.29, 0.717) is 17.9 Å². The quantitative estimate of drug-likeness (QED) is 0.800. The summed E-state index contributed by atoms with van der Waals surface area (Å²) in [7, 11) is 1.78. The molecular weight excluding hydrogens is 204 g/mol. The van der Waals surface area contributed by atoms with Gasteiger partial charge in [0, 0.05) is 19.8 Å². The molecular formula is C11H14N4O. The molecule has 5 heteroatoms. The van der Waals surface area contributed by atoms with Crippen LogP contribution in [0, 0.1) is 11.3 Å². The van der Waals surface area contributed by atoms with Crippen LogP contribution >= 0.6 is 0 Å². The molecule has 0 fully saturated rings. The first-order valence-electron chi connectivity index (χ1n) is 5.01. The summed E-state index contributed by atoms with van der Waals surface area (Å²) in [6.07, 6.45) is 1.49. The van der Waals surface area contributed by atoms with Crippen LogP contribution in [0.1, 0.15) is 12.5 Å². The van der Waals surface area contributed by atoms with Gasteiger partial charge in [0.1, 0.15) is 11.9 Å². The maximum atomic E-state index is 11.3. The standard InChI is InChI=1S/C11H14N4O/c1-3-13-11(16)8-15(2)10-5-4-9(6-12)7-14-10/h4-5,7H,3,8H2,1-2H3,(H,13,16). The van der Waals surface area contributed by atoms with Crippen molar-refractivity contribution in [1.82, 2.24) is 10.3 Å². The monoisotopic (exact) mass is 218 g/mol. The lowest BCUT2D eigenvalue weighted by Crippen LogP contribution is -2.35. The van der Waals surface area contributed by atoms with Crippen LogP contribution in [0.3, 0.4) is 0 Å². The number of nitrogens with zero attached hydrogens (tertiary/aromatic N) is 3. The second-order valence-electron chi connectivity index (χ2n) is 3.33. The number of aromatic nitrogens is 1. The Labute approximate surface area is 94.7 Å². The predicted octanol–water partition coefficient (Wildman–Crippen LogP) is 0.526. The van der Waals surface area contributed by atoms with E-state index >= 15 is 0 Å². The van der Waals surface area contributed by atoms with E-state index in [4.69, 9.17) is 5.26 Å². The van der Waals surface area contributed by atoms with Gasteiger partial charge < -0.3 is 10.2 Å². The molecule has 0 saturated carbocycles. The van der Waals surface area contributed by atoms with Crippen LogP contribution in [-0.2, 0) is 4.79 Å². The molecule has 0 aliphatic rings. The molecule has 1 rings (SSSR count). The van der Waals surface area contributed by atoms with Gasteiger partial charge in [-0.15, -0.1) is 0 Å². The summed E-state index contributed by atoms with van der Waals surface area (Å²) in [5, 5.41) is 11.3. The fourth-order valence-corrected chi connectivity index (χ4v) is 1.23. The Morgan fingerprint density at radius 3 is 2.88 bits per heavy atom. The lowest BCUT2D eigenvalue weighted by Gasteiger charge is -2.17. The fraction of sp³-hybridized carbons (Fsp3) is 0.364. The number of likely N-dealkylation sites (N-methyl/N-ethyl adjacent to an activating group) is 2. The smallest absolute Gasteiger partial charge is 0.239 e. The highest BCUT2D eigenvalue weighted by Gasteiger charge is 2.07.